The number of imidazole rings is 1. The van der Waals surface area contributed by atoms with Gasteiger partial charge in [-0.25, -0.2) is 0 Å². The minimum atomic E-state index is -1.34. The van der Waals surface area contributed by atoms with Crippen molar-refractivity contribution in [2.45, 2.75) is 67.1 Å². The van der Waals surface area contributed by atoms with Crippen molar-refractivity contribution in [2.24, 2.45) is 11.3 Å². The molecule has 0 saturated heterocycles. The Kier molecular flexibility index (Phi) is 11.6. The Hall–Kier alpha value is -4.65. The molecule has 0 N–H and O–H groups in total. The van der Waals surface area contributed by atoms with Gasteiger partial charge in [0, 0.05) is 48.8 Å². The van der Waals surface area contributed by atoms with Crippen molar-refractivity contribution >= 4 is 67.7 Å². The Morgan fingerprint density at radius 1 is 0.807 bits per heavy atom. The van der Waals surface area contributed by atoms with Gasteiger partial charge in [0.2, 0.25) is 0 Å². The molecule has 0 aliphatic rings. The topological polar surface area (TPSA) is 43.9 Å². The number of hydrogen-bond acceptors (Lipinski definition) is 4. The van der Waals surface area contributed by atoms with Crippen molar-refractivity contribution in [1.29, 1.82) is 0 Å². The number of para-hydroxylation sites is 3. The molecule has 9 rings (SSSR count). The molecule has 5 aromatic carbocycles. The van der Waals surface area contributed by atoms with E-state index in [1.54, 1.807) is 11.3 Å². The Labute approximate surface area is 355 Å². The van der Waals surface area contributed by atoms with Gasteiger partial charge in [-0.3, -0.25) is 16.3 Å². The zero-order valence-electron chi connectivity index (χ0n) is 34.0. The molecular formula is C50H49IrN3OSSi-2. The van der Waals surface area contributed by atoms with Gasteiger partial charge in [-0.2, -0.15) is 0 Å². The third-order valence-corrected chi connectivity index (χ3v) is 13.1. The summed E-state index contributed by atoms with van der Waals surface area (Å²) < 4.78 is 9.70. The number of fused-ring (bicyclic) bond motifs is 5. The number of furan rings is 1. The molecule has 0 fully saturated rings. The summed E-state index contributed by atoms with van der Waals surface area (Å²) in [4.78, 5) is 9.78. The summed E-state index contributed by atoms with van der Waals surface area (Å²) >= 11 is 1.67. The number of pyridine rings is 1. The van der Waals surface area contributed by atoms with Gasteiger partial charge >= 0.3 is 0 Å². The maximum absolute atomic E-state index is 6.22. The first kappa shape index (κ1) is 40.5. The predicted octanol–water partition coefficient (Wildman–Crippen LogP) is 13.5. The van der Waals surface area contributed by atoms with Gasteiger partial charge in [0.1, 0.15) is 11.2 Å². The SMILES string of the molecule is CC(C)(C)Cc1ccc2c(-c3nc4ccccc4n3-c3ccc4c(c3)oc3ccccc34)[c-]sc2c1.CC(C)Cc1cc(-c2[c-]cccc2)ncc1[Si](C)(C)C.[Ir]. The monoisotopic (exact) mass is 960 g/mol. The second-order valence-electron chi connectivity index (χ2n) is 17.5. The first-order valence-electron chi connectivity index (χ1n) is 19.6. The molecular weight excluding hydrogens is 911 g/mol. The number of aromatic nitrogens is 3. The van der Waals surface area contributed by atoms with Gasteiger partial charge in [-0.1, -0.05) is 130 Å². The van der Waals surface area contributed by atoms with Crippen LogP contribution in [0.3, 0.4) is 0 Å². The van der Waals surface area contributed by atoms with Crippen molar-refractivity contribution in [2.75, 3.05) is 0 Å². The number of benzene rings is 5. The van der Waals surface area contributed by atoms with Crippen LogP contribution in [0.4, 0.5) is 0 Å². The summed E-state index contributed by atoms with van der Waals surface area (Å²) in [6, 6.07) is 43.4. The molecule has 9 aromatic rings. The van der Waals surface area contributed by atoms with Crippen molar-refractivity contribution in [1.82, 2.24) is 14.5 Å². The second-order valence-corrected chi connectivity index (χ2v) is 23.4. The van der Waals surface area contributed by atoms with E-state index in [4.69, 9.17) is 9.40 Å². The minimum absolute atomic E-state index is 0. The molecule has 7 heteroatoms. The van der Waals surface area contributed by atoms with Crippen LogP contribution in [0.25, 0.3) is 71.4 Å². The van der Waals surface area contributed by atoms with Crippen molar-refractivity contribution in [3.63, 3.8) is 0 Å². The van der Waals surface area contributed by atoms with Crippen LogP contribution in [0.5, 0.6) is 0 Å². The molecule has 291 valence electrons. The smallest absolute Gasteiger partial charge is 0.137 e. The van der Waals surface area contributed by atoms with E-state index in [0.717, 1.165) is 74.1 Å². The first-order chi connectivity index (χ1) is 26.8. The Morgan fingerprint density at radius 2 is 1.54 bits per heavy atom. The van der Waals surface area contributed by atoms with Crippen LogP contribution in [0.15, 0.2) is 126 Å². The number of hydrogen-bond donors (Lipinski definition) is 0. The van der Waals surface area contributed by atoms with E-state index in [1.165, 1.54) is 26.4 Å². The maximum Gasteiger partial charge on any atom is 0.137 e. The first-order valence-corrected chi connectivity index (χ1v) is 23.9. The molecule has 1 radical (unpaired) electrons. The van der Waals surface area contributed by atoms with Crippen LogP contribution in [0.2, 0.25) is 19.6 Å². The zero-order chi connectivity index (χ0) is 39.2. The fourth-order valence-electron chi connectivity index (χ4n) is 7.70. The summed E-state index contributed by atoms with van der Waals surface area (Å²) in [6.07, 6.45) is 4.29. The Balaban J connectivity index is 0.000000202. The molecule has 4 aromatic heterocycles. The molecule has 0 saturated carbocycles. The summed E-state index contributed by atoms with van der Waals surface area (Å²) in [5, 5.41) is 8.53. The van der Waals surface area contributed by atoms with Crippen molar-refractivity contribution in [3.05, 3.63) is 144 Å². The summed E-state index contributed by atoms with van der Waals surface area (Å²) in [7, 11) is -1.34. The normalized spacial score (nSPS) is 12.0. The van der Waals surface area contributed by atoms with Gasteiger partial charge in [0.25, 0.3) is 0 Å². The van der Waals surface area contributed by atoms with Gasteiger partial charge in [0.05, 0.1) is 24.9 Å². The average Bonchev–Trinajstić information content (AvgIpc) is 3.86. The Morgan fingerprint density at radius 3 is 2.30 bits per heavy atom. The molecule has 0 bridgehead atoms. The fraction of sp³-hybridized carbons (Fsp3) is 0.240. The fourth-order valence-corrected chi connectivity index (χ4v) is 10.2. The van der Waals surface area contributed by atoms with Crippen LogP contribution in [-0.4, -0.2) is 22.6 Å². The molecule has 0 aliphatic heterocycles. The zero-order valence-corrected chi connectivity index (χ0v) is 38.2. The summed E-state index contributed by atoms with van der Waals surface area (Å²) in [5.41, 5.74) is 11.1. The van der Waals surface area contributed by atoms with E-state index in [9.17, 15) is 0 Å². The number of nitrogens with zero attached hydrogens (tertiary/aromatic N) is 3. The van der Waals surface area contributed by atoms with E-state index in [0.29, 0.717) is 5.92 Å². The van der Waals surface area contributed by atoms with Crippen LogP contribution in [0, 0.1) is 22.8 Å². The van der Waals surface area contributed by atoms with Gasteiger partial charge < -0.3 is 14.0 Å². The number of rotatable bonds is 7. The second kappa shape index (κ2) is 16.3. The molecule has 0 unspecified atom stereocenters. The standard InChI is InChI=1S/C32H25N2OS.C18H24NSi.Ir/c1-32(2,3)18-20-12-14-24-25(19-36-30(24)16-20)31-33-26-9-5-6-10-27(26)34(31)21-13-15-23-22-8-4-7-11-28(22)35-29(23)17-21;1-14(2)11-16-12-17(15-9-7-6-8-10-15)19-13-18(16)20(3,4)5;/h4-17H,18H2,1-3H3;6-9,12-14H,11H2,1-5H3;/q2*-1;. The molecule has 0 amide bonds. The average molecular weight is 960 g/mol. The van der Waals surface area contributed by atoms with Crippen LogP contribution < -0.4 is 5.19 Å². The third-order valence-electron chi connectivity index (χ3n) is 10.1. The van der Waals surface area contributed by atoms with Gasteiger partial charge in [-0.15, -0.1) is 47.3 Å². The van der Waals surface area contributed by atoms with E-state index in [1.807, 2.05) is 36.4 Å². The van der Waals surface area contributed by atoms with Crippen LogP contribution in [-0.2, 0) is 32.9 Å². The molecule has 0 aliphatic carbocycles. The number of thiophene rings is 1. The third kappa shape index (κ3) is 8.63. The molecule has 4 heterocycles. The minimum Gasteiger partial charge on any atom is -0.456 e. The van der Waals surface area contributed by atoms with Gasteiger partial charge in [0.15, 0.2) is 0 Å². The largest absolute Gasteiger partial charge is 0.456 e. The summed E-state index contributed by atoms with van der Waals surface area (Å²) in [6.45, 7) is 18.6. The van der Waals surface area contributed by atoms with E-state index in [-0.39, 0.29) is 25.5 Å². The molecule has 57 heavy (non-hydrogen) atoms. The maximum atomic E-state index is 6.22. The van der Waals surface area contributed by atoms with Crippen LogP contribution >= 0.6 is 11.3 Å². The quantitative estimate of drug-likeness (QED) is 0.118. The van der Waals surface area contributed by atoms with E-state index >= 15 is 0 Å². The van der Waals surface area contributed by atoms with Gasteiger partial charge in [-0.05, 0) is 65.4 Å². The van der Waals surface area contributed by atoms with E-state index < -0.39 is 8.07 Å². The van der Waals surface area contributed by atoms with Crippen molar-refractivity contribution in [3.8, 4) is 28.3 Å². The molecule has 0 atom stereocenters. The van der Waals surface area contributed by atoms with E-state index in [2.05, 4.69) is 160 Å². The molecule has 0 spiro atoms. The van der Waals surface area contributed by atoms with Crippen molar-refractivity contribution < 1.29 is 24.5 Å². The Bertz CT molecular complexity index is 2820. The summed E-state index contributed by atoms with van der Waals surface area (Å²) in [5.74, 6) is 1.57. The molecule has 4 nitrogen and oxygen atoms in total. The predicted molar refractivity (Wildman–Crippen MR) is 241 cm³/mol. The van der Waals surface area contributed by atoms with Crippen LogP contribution in [0.1, 0.15) is 45.7 Å².